The van der Waals surface area contributed by atoms with Crippen molar-refractivity contribution in [3.05, 3.63) is 0 Å². The second-order valence-corrected chi connectivity index (χ2v) is 3.58. The summed E-state index contributed by atoms with van der Waals surface area (Å²) < 4.78 is 0. The van der Waals surface area contributed by atoms with Crippen molar-refractivity contribution in [1.29, 1.82) is 0 Å². The van der Waals surface area contributed by atoms with E-state index in [2.05, 4.69) is 20.4 Å². The van der Waals surface area contributed by atoms with E-state index < -0.39 is 0 Å². The molecule has 0 rings (SSSR count). The van der Waals surface area contributed by atoms with E-state index in [4.69, 9.17) is 0 Å². The minimum atomic E-state index is 0.731. The van der Waals surface area contributed by atoms with Crippen LogP contribution in [0, 0.1) is 0 Å². The third-order valence-electron chi connectivity index (χ3n) is 0.667. The van der Waals surface area contributed by atoms with E-state index in [0.717, 1.165) is 15.1 Å². The van der Waals surface area contributed by atoms with Crippen molar-refractivity contribution in [3.63, 3.8) is 0 Å². The van der Waals surface area contributed by atoms with Crippen LogP contribution in [0.15, 0.2) is 0 Å². The van der Waals surface area contributed by atoms with E-state index in [1.54, 1.807) is 0 Å². The molecular formula is C4H11Si. The van der Waals surface area contributed by atoms with Gasteiger partial charge in [0.1, 0.15) is 0 Å². The lowest BCUT2D eigenvalue weighted by Crippen LogP contribution is -1.83. The highest BCUT2D eigenvalue weighted by molar-refractivity contribution is 6.35. The molecule has 31 valence electrons. The molecule has 5 heavy (non-hydrogen) atoms. The molecule has 1 heteroatoms. The molecular weight excluding hydrogens is 76.1 g/mol. The summed E-state index contributed by atoms with van der Waals surface area (Å²) in [6.45, 7) is 6.80. The van der Waals surface area contributed by atoms with Gasteiger partial charge in [0.25, 0.3) is 0 Å². The summed E-state index contributed by atoms with van der Waals surface area (Å²) in [6, 6.07) is 0. The Labute approximate surface area is 36.4 Å². The predicted molar refractivity (Wildman–Crippen MR) is 28.1 cm³/mol. The Balaban J connectivity index is 2.54. The van der Waals surface area contributed by atoms with Gasteiger partial charge in [0.15, 0.2) is 0 Å². The van der Waals surface area contributed by atoms with Gasteiger partial charge in [-0.3, -0.25) is 0 Å². The zero-order valence-electron chi connectivity index (χ0n) is 4.15. The van der Waals surface area contributed by atoms with Crippen molar-refractivity contribution in [3.8, 4) is 0 Å². The van der Waals surface area contributed by atoms with E-state index >= 15 is 0 Å². The molecule has 0 aromatic carbocycles. The molecule has 0 N–H and O–H groups in total. The second kappa shape index (κ2) is 2.45. The molecule has 0 aliphatic rings. The maximum absolute atomic E-state index is 2.28. The van der Waals surface area contributed by atoms with E-state index in [9.17, 15) is 0 Å². The third-order valence-corrected chi connectivity index (χ3v) is 2.00. The molecule has 0 heterocycles. The van der Waals surface area contributed by atoms with Gasteiger partial charge in [-0.1, -0.05) is 25.9 Å². The molecule has 0 saturated heterocycles. The Hall–Kier alpha value is 0.217. The average molecular weight is 87.2 g/mol. The van der Waals surface area contributed by atoms with Crippen LogP contribution in [-0.2, 0) is 0 Å². The summed E-state index contributed by atoms with van der Waals surface area (Å²) in [6.07, 6.45) is 0. The molecule has 0 spiro atoms. The van der Waals surface area contributed by atoms with Crippen LogP contribution in [0.4, 0.5) is 0 Å². The molecule has 0 aliphatic heterocycles. The maximum Gasteiger partial charge on any atom is 0.0274 e. The molecule has 0 amide bonds. The molecule has 0 bridgehead atoms. The molecule has 0 saturated carbocycles. The predicted octanol–water partition coefficient (Wildman–Crippen LogP) is 1.30. The first kappa shape index (κ1) is 5.22. The first-order chi connectivity index (χ1) is 2.27. The Morgan fingerprint density at radius 2 is 1.60 bits per heavy atom. The number of hydrogen-bond acceptors (Lipinski definition) is 0. The molecule has 0 fully saturated rings. The molecule has 0 aromatic rings. The van der Waals surface area contributed by atoms with Gasteiger partial charge in [0, 0.05) is 9.52 Å². The van der Waals surface area contributed by atoms with Crippen LogP contribution in [0.25, 0.3) is 0 Å². The molecule has 0 aromatic heterocycles. The van der Waals surface area contributed by atoms with Crippen molar-refractivity contribution in [2.45, 2.75) is 25.9 Å². The first-order valence-corrected chi connectivity index (χ1v) is 3.89. The Bertz CT molecular complexity index is 17.6. The standard InChI is InChI=1S/C4H11Si/c1-4(2)5-3/h4-5H,1-3H3. The fourth-order valence-corrected chi connectivity index (χ4v) is 0. The summed E-state index contributed by atoms with van der Waals surface area (Å²) in [5.74, 6) is 0. The Kier molecular flexibility index (Phi) is 2.56. The highest BCUT2D eigenvalue weighted by Gasteiger charge is 1.81. The fraction of sp³-hybridized carbons (Fsp3) is 1.00. The molecule has 1 radical (unpaired) electrons. The second-order valence-electron chi connectivity index (χ2n) is 1.58. The lowest BCUT2D eigenvalue weighted by Gasteiger charge is -1.89. The Morgan fingerprint density at radius 3 is 1.60 bits per heavy atom. The normalized spacial score (nSPS) is 9.60. The lowest BCUT2D eigenvalue weighted by molar-refractivity contribution is 1.06. The van der Waals surface area contributed by atoms with Crippen molar-refractivity contribution < 1.29 is 0 Å². The zero-order valence-corrected chi connectivity index (χ0v) is 5.31. The number of hydrogen-bond donors (Lipinski definition) is 0. The summed E-state index contributed by atoms with van der Waals surface area (Å²) in [4.78, 5) is 0. The van der Waals surface area contributed by atoms with Crippen LogP contribution in [-0.4, -0.2) is 9.52 Å². The summed E-state index contributed by atoms with van der Waals surface area (Å²) in [5.41, 5.74) is 0.968. The van der Waals surface area contributed by atoms with Crippen LogP contribution >= 0.6 is 0 Å². The molecule has 0 aliphatic carbocycles. The van der Waals surface area contributed by atoms with Crippen molar-refractivity contribution >= 4 is 9.52 Å². The fourth-order valence-electron chi connectivity index (χ4n) is 0. The van der Waals surface area contributed by atoms with Gasteiger partial charge in [-0.05, 0) is 0 Å². The van der Waals surface area contributed by atoms with Crippen LogP contribution < -0.4 is 0 Å². The largest absolute Gasteiger partial charge is 0.0739 e. The monoisotopic (exact) mass is 87.1 g/mol. The highest BCUT2D eigenvalue weighted by atomic mass is 28.2. The maximum atomic E-state index is 2.28. The van der Waals surface area contributed by atoms with Gasteiger partial charge in [-0.15, -0.1) is 0 Å². The summed E-state index contributed by atoms with van der Waals surface area (Å²) in [5, 5.41) is 0. The quantitative estimate of drug-likeness (QED) is 0.423. The minimum Gasteiger partial charge on any atom is -0.0739 e. The van der Waals surface area contributed by atoms with E-state index in [1.807, 2.05) is 0 Å². The molecule has 0 nitrogen and oxygen atoms in total. The van der Waals surface area contributed by atoms with Crippen molar-refractivity contribution in [2.75, 3.05) is 0 Å². The van der Waals surface area contributed by atoms with Gasteiger partial charge in [-0.2, -0.15) is 0 Å². The minimum absolute atomic E-state index is 0.731. The van der Waals surface area contributed by atoms with Crippen LogP contribution in [0.1, 0.15) is 13.8 Å². The van der Waals surface area contributed by atoms with E-state index in [0.29, 0.717) is 0 Å². The summed E-state index contributed by atoms with van der Waals surface area (Å²) >= 11 is 0. The van der Waals surface area contributed by atoms with E-state index in [-0.39, 0.29) is 0 Å². The van der Waals surface area contributed by atoms with Crippen LogP contribution in [0.5, 0.6) is 0 Å². The summed E-state index contributed by atoms with van der Waals surface area (Å²) in [7, 11) is 0.731. The smallest absolute Gasteiger partial charge is 0.0274 e. The molecule has 0 unspecified atom stereocenters. The van der Waals surface area contributed by atoms with Crippen molar-refractivity contribution in [2.24, 2.45) is 0 Å². The number of rotatable bonds is 1. The van der Waals surface area contributed by atoms with Gasteiger partial charge in [0.2, 0.25) is 0 Å². The lowest BCUT2D eigenvalue weighted by atomic mass is 10.6. The van der Waals surface area contributed by atoms with Gasteiger partial charge >= 0.3 is 0 Å². The van der Waals surface area contributed by atoms with Crippen LogP contribution in [0.3, 0.4) is 0 Å². The zero-order chi connectivity index (χ0) is 4.28. The van der Waals surface area contributed by atoms with Gasteiger partial charge < -0.3 is 0 Å². The van der Waals surface area contributed by atoms with Gasteiger partial charge in [0.05, 0.1) is 0 Å². The SMILES string of the molecule is C[SiH]C(C)C. The highest BCUT2D eigenvalue weighted by Crippen LogP contribution is 1.92. The van der Waals surface area contributed by atoms with Crippen LogP contribution in [0.2, 0.25) is 12.1 Å². The topological polar surface area (TPSA) is 0 Å². The Morgan fingerprint density at radius 1 is 1.40 bits per heavy atom. The average Bonchev–Trinajstić information content (AvgIpc) is 1.38. The van der Waals surface area contributed by atoms with Crippen molar-refractivity contribution in [1.82, 2.24) is 0 Å². The first-order valence-electron chi connectivity index (χ1n) is 2.07. The van der Waals surface area contributed by atoms with E-state index in [1.165, 1.54) is 0 Å². The third kappa shape index (κ3) is 4.22. The van der Waals surface area contributed by atoms with Gasteiger partial charge in [-0.25, -0.2) is 0 Å². The molecule has 0 atom stereocenters.